The topological polar surface area (TPSA) is 78.9 Å². The zero-order valence-electron chi connectivity index (χ0n) is 43.9. The Balaban J connectivity index is 4.28. The standard InChI is InChI=1S/C58H112O6/c1-6-7-8-9-10-11-12-23-28-33-38-43-48-56(59)62-51-55(64-58(61)50-45-40-35-30-25-20-16-14-18-22-27-32-37-42-47-54(4)5)52-63-57(60)49-44-39-34-29-24-19-15-13-17-21-26-31-36-41-46-53(2)3/h53-55H,6-52H2,1-5H3/t55-/m0/s1. The van der Waals surface area contributed by atoms with Crippen molar-refractivity contribution in [2.75, 3.05) is 13.2 Å². The van der Waals surface area contributed by atoms with E-state index in [4.69, 9.17) is 14.2 Å². The third kappa shape index (κ3) is 51.4. The number of unbranched alkanes of at least 4 members (excludes halogenated alkanes) is 37. The molecule has 0 unspecified atom stereocenters. The SMILES string of the molecule is CCCCCCCCCCCCCCC(=O)OC[C@@H](COC(=O)CCCCCCCCCCCCCCCCC(C)C)OC(=O)CCCCCCCCCCCCCCCCC(C)C. The molecule has 6 heteroatoms. The van der Waals surface area contributed by atoms with Gasteiger partial charge in [0.2, 0.25) is 0 Å². The predicted molar refractivity (Wildman–Crippen MR) is 275 cm³/mol. The van der Waals surface area contributed by atoms with Gasteiger partial charge >= 0.3 is 17.9 Å². The van der Waals surface area contributed by atoms with Crippen LogP contribution in [0.2, 0.25) is 0 Å². The Labute approximate surface area is 399 Å². The number of carbonyl (C=O) groups is 3. The molecule has 0 aromatic carbocycles. The number of hydrogen-bond donors (Lipinski definition) is 0. The van der Waals surface area contributed by atoms with Gasteiger partial charge in [-0.05, 0) is 31.1 Å². The average molecular weight is 906 g/mol. The first-order valence-corrected chi connectivity index (χ1v) is 28.7. The summed E-state index contributed by atoms with van der Waals surface area (Å²) in [7, 11) is 0. The van der Waals surface area contributed by atoms with E-state index in [2.05, 4.69) is 34.6 Å². The molecule has 0 amide bonds. The van der Waals surface area contributed by atoms with Crippen molar-refractivity contribution in [1.29, 1.82) is 0 Å². The lowest BCUT2D eigenvalue weighted by Gasteiger charge is -2.18. The summed E-state index contributed by atoms with van der Waals surface area (Å²) in [6.07, 6.45) is 53.7. The molecule has 6 nitrogen and oxygen atoms in total. The Kier molecular flexibility index (Phi) is 49.6. The molecule has 0 aliphatic carbocycles. The smallest absolute Gasteiger partial charge is 0.306 e. The third-order valence-corrected chi connectivity index (χ3v) is 13.2. The first-order valence-electron chi connectivity index (χ1n) is 28.7. The first-order chi connectivity index (χ1) is 31.2. The molecule has 0 aliphatic rings. The van der Waals surface area contributed by atoms with Gasteiger partial charge < -0.3 is 14.2 Å². The van der Waals surface area contributed by atoms with Crippen LogP contribution in [0.15, 0.2) is 0 Å². The summed E-state index contributed by atoms with van der Waals surface area (Å²) in [5, 5.41) is 0. The zero-order valence-corrected chi connectivity index (χ0v) is 43.9. The van der Waals surface area contributed by atoms with E-state index in [1.165, 1.54) is 212 Å². The molecule has 0 saturated heterocycles. The second kappa shape index (κ2) is 50.8. The lowest BCUT2D eigenvalue weighted by atomic mass is 10.0. The summed E-state index contributed by atoms with van der Waals surface area (Å²) in [5.74, 6) is 0.849. The van der Waals surface area contributed by atoms with Gasteiger partial charge in [0.15, 0.2) is 6.10 Å². The summed E-state index contributed by atoms with van der Waals surface area (Å²) in [6, 6.07) is 0. The number of hydrogen-bond acceptors (Lipinski definition) is 6. The molecule has 380 valence electrons. The van der Waals surface area contributed by atoms with Crippen LogP contribution in [-0.4, -0.2) is 37.2 Å². The molecule has 0 spiro atoms. The minimum absolute atomic E-state index is 0.0626. The Morgan fingerprint density at radius 1 is 0.297 bits per heavy atom. The van der Waals surface area contributed by atoms with E-state index in [9.17, 15) is 14.4 Å². The number of carbonyl (C=O) groups excluding carboxylic acids is 3. The fourth-order valence-corrected chi connectivity index (χ4v) is 8.87. The van der Waals surface area contributed by atoms with E-state index in [1.807, 2.05) is 0 Å². The molecule has 0 aromatic heterocycles. The second-order valence-electron chi connectivity index (χ2n) is 20.9. The van der Waals surface area contributed by atoms with Crippen LogP contribution in [0.25, 0.3) is 0 Å². The lowest BCUT2D eigenvalue weighted by molar-refractivity contribution is -0.167. The van der Waals surface area contributed by atoms with Crippen LogP contribution < -0.4 is 0 Å². The van der Waals surface area contributed by atoms with Gasteiger partial charge in [-0.3, -0.25) is 14.4 Å². The van der Waals surface area contributed by atoms with E-state index in [0.717, 1.165) is 69.6 Å². The summed E-state index contributed by atoms with van der Waals surface area (Å²) in [4.78, 5) is 38.1. The van der Waals surface area contributed by atoms with Crippen molar-refractivity contribution in [2.24, 2.45) is 11.8 Å². The van der Waals surface area contributed by atoms with Gasteiger partial charge in [-0.25, -0.2) is 0 Å². The number of ether oxygens (including phenoxy) is 3. The summed E-state index contributed by atoms with van der Waals surface area (Å²) in [5.41, 5.74) is 0. The zero-order chi connectivity index (χ0) is 46.8. The van der Waals surface area contributed by atoms with E-state index < -0.39 is 6.10 Å². The quantitative estimate of drug-likeness (QED) is 0.0344. The van der Waals surface area contributed by atoms with Gasteiger partial charge in [-0.15, -0.1) is 0 Å². The average Bonchev–Trinajstić information content (AvgIpc) is 3.27. The van der Waals surface area contributed by atoms with Gasteiger partial charge in [0.05, 0.1) is 0 Å². The highest BCUT2D eigenvalue weighted by atomic mass is 16.6. The Bertz CT molecular complexity index is 978. The Hall–Kier alpha value is -1.59. The van der Waals surface area contributed by atoms with Crippen molar-refractivity contribution in [1.82, 2.24) is 0 Å². The van der Waals surface area contributed by atoms with Crippen LogP contribution in [0, 0.1) is 11.8 Å². The molecular formula is C58H112O6. The molecule has 0 heterocycles. The highest BCUT2D eigenvalue weighted by Gasteiger charge is 2.19. The maximum absolute atomic E-state index is 12.8. The largest absolute Gasteiger partial charge is 0.462 e. The Morgan fingerprint density at radius 2 is 0.516 bits per heavy atom. The molecular weight excluding hydrogens is 793 g/mol. The van der Waals surface area contributed by atoms with Gasteiger partial charge in [-0.2, -0.15) is 0 Å². The molecule has 1 atom stereocenters. The van der Waals surface area contributed by atoms with Gasteiger partial charge in [0.25, 0.3) is 0 Å². The number of esters is 3. The molecule has 0 fully saturated rings. The van der Waals surface area contributed by atoms with Crippen LogP contribution in [0.3, 0.4) is 0 Å². The molecule has 0 aliphatic heterocycles. The van der Waals surface area contributed by atoms with Crippen LogP contribution >= 0.6 is 0 Å². The predicted octanol–water partition coefficient (Wildman–Crippen LogP) is 18.9. The fourth-order valence-electron chi connectivity index (χ4n) is 8.87. The summed E-state index contributed by atoms with van der Waals surface area (Å²) < 4.78 is 16.9. The van der Waals surface area contributed by atoms with E-state index in [0.29, 0.717) is 19.3 Å². The van der Waals surface area contributed by atoms with Crippen LogP contribution in [0.1, 0.15) is 324 Å². The third-order valence-electron chi connectivity index (χ3n) is 13.2. The molecule has 0 bridgehead atoms. The van der Waals surface area contributed by atoms with E-state index in [-0.39, 0.29) is 31.1 Å². The highest BCUT2D eigenvalue weighted by molar-refractivity contribution is 5.71. The van der Waals surface area contributed by atoms with Crippen molar-refractivity contribution in [2.45, 2.75) is 330 Å². The first kappa shape index (κ1) is 62.4. The molecule has 64 heavy (non-hydrogen) atoms. The van der Waals surface area contributed by atoms with E-state index >= 15 is 0 Å². The van der Waals surface area contributed by atoms with Crippen molar-refractivity contribution in [3.05, 3.63) is 0 Å². The minimum Gasteiger partial charge on any atom is -0.462 e. The normalized spacial score (nSPS) is 12.0. The van der Waals surface area contributed by atoms with Gasteiger partial charge in [-0.1, -0.05) is 285 Å². The highest BCUT2D eigenvalue weighted by Crippen LogP contribution is 2.18. The van der Waals surface area contributed by atoms with Crippen LogP contribution in [-0.2, 0) is 28.6 Å². The minimum atomic E-state index is -0.762. The molecule has 0 radical (unpaired) electrons. The summed E-state index contributed by atoms with van der Waals surface area (Å²) >= 11 is 0. The monoisotopic (exact) mass is 905 g/mol. The van der Waals surface area contributed by atoms with Crippen molar-refractivity contribution >= 4 is 17.9 Å². The van der Waals surface area contributed by atoms with Crippen molar-refractivity contribution in [3.63, 3.8) is 0 Å². The molecule has 0 rings (SSSR count). The van der Waals surface area contributed by atoms with Gasteiger partial charge in [0.1, 0.15) is 13.2 Å². The maximum atomic E-state index is 12.8. The summed E-state index contributed by atoms with van der Waals surface area (Å²) in [6.45, 7) is 11.4. The van der Waals surface area contributed by atoms with Crippen LogP contribution in [0.4, 0.5) is 0 Å². The van der Waals surface area contributed by atoms with E-state index in [1.54, 1.807) is 0 Å². The Morgan fingerprint density at radius 3 is 0.766 bits per heavy atom. The fraction of sp³-hybridized carbons (Fsp3) is 0.948. The lowest BCUT2D eigenvalue weighted by Crippen LogP contribution is -2.30. The number of rotatable bonds is 52. The molecule has 0 saturated carbocycles. The van der Waals surface area contributed by atoms with Crippen LogP contribution in [0.5, 0.6) is 0 Å². The second-order valence-corrected chi connectivity index (χ2v) is 20.9. The molecule has 0 N–H and O–H groups in total. The van der Waals surface area contributed by atoms with Crippen molar-refractivity contribution < 1.29 is 28.6 Å². The van der Waals surface area contributed by atoms with Gasteiger partial charge in [0, 0.05) is 19.3 Å². The molecule has 0 aromatic rings. The maximum Gasteiger partial charge on any atom is 0.306 e. The van der Waals surface area contributed by atoms with Crippen molar-refractivity contribution in [3.8, 4) is 0 Å².